The second kappa shape index (κ2) is 8.23. The number of β-amino-alcohol motifs (C(OH)–C–C–N with tert-alkyl or cyclic N) is 1. The normalized spacial score (nSPS) is 22.4. The molecule has 2 heterocycles. The SMILES string of the molecule is COc1ccc(CN2C(=O)[C@@H]3[C@H]2[C@@H](O)CN3C(=O)OCc2ccccc2)c(OC)c1. The monoisotopic (exact) mass is 412 g/mol. The zero-order valence-corrected chi connectivity index (χ0v) is 16.9. The van der Waals surface area contributed by atoms with Crippen LogP contribution in [0.1, 0.15) is 11.1 Å². The molecule has 2 aromatic carbocycles. The number of aliphatic hydroxyl groups is 1. The smallest absolute Gasteiger partial charge is 0.410 e. The van der Waals surface area contributed by atoms with Gasteiger partial charge in [-0.3, -0.25) is 9.69 Å². The number of β-lactam (4-membered cyclic amide) rings is 1. The maximum Gasteiger partial charge on any atom is 0.410 e. The first-order valence-corrected chi connectivity index (χ1v) is 9.70. The molecule has 8 heteroatoms. The molecule has 0 radical (unpaired) electrons. The molecular weight excluding hydrogens is 388 g/mol. The molecule has 2 amide bonds. The zero-order valence-electron chi connectivity index (χ0n) is 16.9. The van der Waals surface area contributed by atoms with Crippen molar-refractivity contribution in [3.05, 3.63) is 59.7 Å². The molecule has 0 spiro atoms. The van der Waals surface area contributed by atoms with Gasteiger partial charge in [0.15, 0.2) is 0 Å². The Labute approximate surface area is 174 Å². The highest BCUT2D eigenvalue weighted by molar-refractivity contribution is 5.93. The van der Waals surface area contributed by atoms with Gasteiger partial charge in [0, 0.05) is 18.2 Å². The van der Waals surface area contributed by atoms with E-state index in [1.54, 1.807) is 31.3 Å². The van der Waals surface area contributed by atoms with E-state index < -0.39 is 24.3 Å². The quantitative estimate of drug-likeness (QED) is 0.728. The van der Waals surface area contributed by atoms with Crippen LogP contribution in [0.15, 0.2) is 48.5 Å². The minimum absolute atomic E-state index is 0.0605. The molecule has 2 saturated heterocycles. The third-order valence-corrected chi connectivity index (χ3v) is 5.61. The van der Waals surface area contributed by atoms with Gasteiger partial charge in [0.2, 0.25) is 5.91 Å². The number of carbonyl (C=O) groups excluding carboxylic acids is 2. The molecule has 0 aliphatic carbocycles. The van der Waals surface area contributed by atoms with Crippen molar-refractivity contribution >= 4 is 12.0 Å². The lowest BCUT2D eigenvalue weighted by molar-refractivity contribution is -0.157. The fourth-order valence-corrected chi connectivity index (χ4v) is 4.05. The molecule has 2 aliphatic heterocycles. The summed E-state index contributed by atoms with van der Waals surface area (Å²) < 4.78 is 15.9. The summed E-state index contributed by atoms with van der Waals surface area (Å²) in [5.41, 5.74) is 1.65. The van der Waals surface area contributed by atoms with E-state index in [9.17, 15) is 14.7 Å². The van der Waals surface area contributed by atoms with Crippen LogP contribution in [-0.4, -0.2) is 65.9 Å². The number of nitrogens with zero attached hydrogens (tertiary/aromatic N) is 2. The number of rotatable bonds is 6. The summed E-state index contributed by atoms with van der Waals surface area (Å²) in [6.45, 7) is 0.451. The molecule has 30 heavy (non-hydrogen) atoms. The Balaban J connectivity index is 1.42. The number of hydrogen-bond donors (Lipinski definition) is 1. The summed E-state index contributed by atoms with van der Waals surface area (Å²) in [4.78, 5) is 28.2. The Bertz CT molecular complexity index is 934. The largest absolute Gasteiger partial charge is 0.497 e. The van der Waals surface area contributed by atoms with Crippen molar-refractivity contribution in [2.45, 2.75) is 31.3 Å². The molecule has 2 aliphatic rings. The highest BCUT2D eigenvalue weighted by Gasteiger charge is 2.60. The van der Waals surface area contributed by atoms with Crippen LogP contribution in [0.5, 0.6) is 11.5 Å². The van der Waals surface area contributed by atoms with Crippen LogP contribution in [0.25, 0.3) is 0 Å². The number of hydrogen-bond acceptors (Lipinski definition) is 6. The molecule has 0 bridgehead atoms. The first kappa shape index (κ1) is 20.0. The van der Waals surface area contributed by atoms with Gasteiger partial charge in [-0.1, -0.05) is 30.3 Å². The molecular formula is C22H24N2O6. The Morgan fingerprint density at radius 1 is 1.13 bits per heavy atom. The molecule has 3 atom stereocenters. The topological polar surface area (TPSA) is 88.5 Å². The van der Waals surface area contributed by atoms with Crippen molar-refractivity contribution in [1.82, 2.24) is 9.80 Å². The molecule has 2 aromatic rings. The Hall–Kier alpha value is -3.26. The number of carbonyl (C=O) groups is 2. The van der Waals surface area contributed by atoms with Crippen LogP contribution in [0.3, 0.4) is 0 Å². The molecule has 8 nitrogen and oxygen atoms in total. The lowest BCUT2D eigenvalue weighted by Crippen LogP contribution is -2.68. The van der Waals surface area contributed by atoms with Crippen molar-refractivity contribution in [3.63, 3.8) is 0 Å². The van der Waals surface area contributed by atoms with Gasteiger partial charge >= 0.3 is 6.09 Å². The van der Waals surface area contributed by atoms with Crippen molar-refractivity contribution in [1.29, 1.82) is 0 Å². The molecule has 2 fully saturated rings. The number of benzene rings is 2. The summed E-state index contributed by atoms with van der Waals surface area (Å²) >= 11 is 0. The predicted octanol–water partition coefficient (Wildman–Crippen LogP) is 1.80. The van der Waals surface area contributed by atoms with Gasteiger partial charge in [-0.25, -0.2) is 4.79 Å². The fourth-order valence-electron chi connectivity index (χ4n) is 4.05. The average Bonchev–Trinajstić information content (AvgIpc) is 3.09. The summed E-state index contributed by atoms with van der Waals surface area (Å²) in [7, 11) is 3.12. The van der Waals surface area contributed by atoms with Gasteiger partial charge in [0.1, 0.15) is 24.1 Å². The van der Waals surface area contributed by atoms with E-state index in [0.717, 1.165) is 11.1 Å². The summed E-state index contributed by atoms with van der Waals surface area (Å²) in [5, 5.41) is 10.5. The molecule has 158 valence electrons. The number of methoxy groups -OCH3 is 2. The summed E-state index contributed by atoms with van der Waals surface area (Å²) in [5.74, 6) is 1.03. The maximum absolute atomic E-state index is 12.8. The predicted molar refractivity (Wildman–Crippen MR) is 107 cm³/mol. The number of ether oxygens (including phenoxy) is 3. The van der Waals surface area contributed by atoms with Crippen molar-refractivity contribution in [2.75, 3.05) is 20.8 Å². The molecule has 0 unspecified atom stereocenters. The van der Waals surface area contributed by atoms with E-state index >= 15 is 0 Å². The number of likely N-dealkylation sites (tertiary alicyclic amines) is 2. The highest BCUT2D eigenvalue weighted by Crippen LogP contribution is 2.37. The number of amides is 2. The minimum Gasteiger partial charge on any atom is -0.497 e. The summed E-state index contributed by atoms with van der Waals surface area (Å²) in [6.07, 6.45) is -1.43. The van der Waals surface area contributed by atoms with Gasteiger partial charge < -0.3 is 24.2 Å². The van der Waals surface area contributed by atoms with Crippen LogP contribution >= 0.6 is 0 Å². The lowest BCUT2D eigenvalue weighted by atomic mass is 9.93. The van der Waals surface area contributed by atoms with Crippen LogP contribution in [0.2, 0.25) is 0 Å². The standard InChI is InChI=1S/C22H24N2O6/c1-28-16-9-8-15(18(10-16)29-2)11-23-19-17(25)12-24(20(19)21(23)26)22(27)30-13-14-6-4-3-5-7-14/h3-10,17,19-20,25H,11-13H2,1-2H3/t17-,19+,20-/m0/s1. The van der Waals surface area contributed by atoms with E-state index in [-0.39, 0.29) is 25.6 Å². The highest BCUT2D eigenvalue weighted by atomic mass is 16.6. The average molecular weight is 412 g/mol. The first-order valence-electron chi connectivity index (χ1n) is 9.70. The van der Waals surface area contributed by atoms with Gasteiger partial charge in [-0.05, 0) is 17.7 Å². The second-order valence-corrected chi connectivity index (χ2v) is 7.34. The van der Waals surface area contributed by atoms with E-state index in [4.69, 9.17) is 14.2 Å². The molecule has 4 rings (SSSR count). The number of fused-ring (bicyclic) bond motifs is 1. The molecule has 0 saturated carbocycles. The Morgan fingerprint density at radius 2 is 1.90 bits per heavy atom. The van der Waals surface area contributed by atoms with Crippen LogP contribution in [0, 0.1) is 0 Å². The maximum atomic E-state index is 12.8. The van der Waals surface area contributed by atoms with Crippen LogP contribution in [0.4, 0.5) is 4.79 Å². The van der Waals surface area contributed by atoms with Gasteiger partial charge in [-0.2, -0.15) is 0 Å². The van der Waals surface area contributed by atoms with Gasteiger partial charge in [-0.15, -0.1) is 0 Å². The third-order valence-electron chi connectivity index (χ3n) is 5.61. The van der Waals surface area contributed by atoms with Crippen molar-refractivity contribution in [3.8, 4) is 11.5 Å². The van der Waals surface area contributed by atoms with Crippen molar-refractivity contribution < 1.29 is 28.9 Å². The Morgan fingerprint density at radius 3 is 2.60 bits per heavy atom. The van der Waals surface area contributed by atoms with Crippen LogP contribution < -0.4 is 9.47 Å². The van der Waals surface area contributed by atoms with E-state index in [0.29, 0.717) is 11.5 Å². The third kappa shape index (κ3) is 3.54. The van der Waals surface area contributed by atoms with Gasteiger partial charge in [0.25, 0.3) is 0 Å². The molecule has 0 aromatic heterocycles. The Kier molecular flexibility index (Phi) is 5.50. The van der Waals surface area contributed by atoms with E-state index in [1.807, 2.05) is 36.4 Å². The summed E-state index contributed by atoms with van der Waals surface area (Å²) in [6, 6.07) is 13.5. The van der Waals surface area contributed by atoms with E-state index in [1.165, 1.54) is 4.90 Å². The lowest BCUT2D eigenvalue weighted by Gasteiger charge is -2.45. The second-order valence-electron chi connectivity index (χ2n) is 7.34. The first-order chi connectivity index (χ1) is 14.5. The van der Waals surface area contributed by atoms with E-state index in [2.05, 4.69) is 0 Å². The fraction of sp³-hybridized carbons (Fsp3) is 0.364. The minimum atomic E-state index is -0.832. The van der Waals surface area contributed by atoms with Crippen LogP contribution in [-0.2, 0) is 22.7 Å². The molecule has 1 N–H and O–H groups in total. The zero-order chi connectivity index (χ0) is 21.3. The van der Waals surface area contributed by atoms with Gasteiger partial charge in [0.05, 0.1) is 32.9 Å². The van der Waals surface area contributed by atoms with Crippen molar-refractivity contribution in [2.24, 2.45) is 0 Å². The number of aliphatic hydroxyl groups excluding tert-OH is 1.